The molecule has 0 saturated heterocycles. The number of hydrogen-bond donors (Lipinski definition) is 0. The Bertz CT molecular complexity index is 950. The third-order valence-corrected chi connectivity index (χ3v) is 7.62. The van der Waals surface area contributed by atoms with Crippen LogP contribution in [0.4, 0.5) is 0 Å². The van der Waals surface area contributed by atoms with Crippen LogP contribution < -0.4 is 0 Å². The van der Waals surface area contributed by atoms with Gasteiger partial charge in [0.05, 0.1) is 15.8 Å². The van der Waals surface area contributed by atoms with Crippen LogP contribution in [0.3, 0.4) is 0 Å². The summed E-state index contributed by atoms with van der Waals surface area (Å²) in [6.07, 6.45) is 8.66. The van der Waals surface area contributed by atoms with Crippen molar-refractivity contribution in [1.82, 2.24) is 25.0 Å². The highest BCUT2D eigenvalue weighted by Gasteiger charge is 2.61. The van der Waals surface area contributed by atoms with Crippen molar-refractivity contribution in [2.45, 2.75) is 49.5 Å². The lowest BCUT2D eigenvalue weighted by atomic mass is 9.47. The lowest BCUT2D eigenvalue weighted by Gasteiger charge is -2.60. The molecule has 4 aliphatic rings. The van der Waals surface area contributed by atoms with Crippen molar-refractivity contribution in [1.29, 1.82) is 0 Å². The fourth-order valence-electron chi connectivity index (χ4n) is 6.14. The van der Waals surface area contributed by atoms with E-state index in [9.17, 15) is 0 Å². The zero-order valence-corrected chi connectivity index (χ0v) is 15.7. The fourth-order valence-corrected chi connectivity index (χ4v) is 6.91. The number of nitrogens with zero attached hydrogens (tertiary/aromatic N) is 5. The van der Waals surface area contributed by atoms with Crippen LogP contribution in [0.25, 0.3) is 10.8 Å². The van der Waals surface area contributed by atoms with Gasteiger partial charge in [-0.15, -0.1) is 26.6 Å². The van der Waals surface area contributed by atoms with Gasteiger partial charge in [0.25, 0.3) is 5.89 Å². The summed E-state index contributed by atoms with van der Waals surface area (Å²) in [6.45, 7) is 0. The van der Waals surface area contributed by atoms with E-state index in [1.54, 1.807) is 17.7 Å². The smallest absolute Gasteiger partial charge is 0.257 e. The van der Waals surface area contributed by atoms with Crippen LogP contribution in [0.1, 0.15) is 44.4 Å². The highest BCUT2D eigenvalue weighted by Crippen LogP contribution is 2.64. The molecule has 0 amide bonds. The van der Waals surface area contributed by atoms with Crippen LogP contribution >= 0.6 is 22.9 Å². The fraction of sp³-hybridized carbons (Fsp3) is 0.556. The molecule has 134 valence electrons. The van der Waals surface area contributed by atoms with Crippen molar-refractivity contribution >= 4 is 22.9 Å². The van der Waals surface area contributed by atoms with Gasteiger partial charge < -0.3 is 4.42 Å². The van der Waals surface area contributed by atoms with Gasteiger partial charge in [0.1, 0.15) is 6.33 Å². The minimum atomic E-state index is -0.0367. The average Bonchev–Trinajstić information content (AvgIpc) is 3.35. The molecule has 0 spiro atoms. The highest BCUT2D eigenvalue weighted by atomic mass is 35.5. The monoisotopic (exact) mass is 387 g/mol. The number of halogens is 1. The van der Waals surface area contributed by atoms with Crippen molar-refractivity contribution in [3.05, 3.63) is 35.0 Å². The summed E-state index contributed by atoms with van der Waals surface area (Å²) >= 11 is 7.66. The van der Waals surface area contributed by atoms with E-state index in [2.05, 4.69) is 20.3 Å². The molecule has 4 aliphatic carbocycles. The third kappa shape index (κ3) is 2.10. The van der Waals surface area contributed by atoms with E-state index in [0.29, 0.717) is 23.0 Å². The molecule has 3 aromatic heterocycles. The summed E-state index contributed by atoms with van der Waals surface area (Å²) < 4.78 is 8.24. The maximum atomic E-state index is 6.22. The Morgan fingerprint density at radius 3 is 2.73 bits per heavy atom. The first kappa shape index (κ1) is 15.3. The topological polar surface area (TPSA) is 69.6 Å². The molecule has 4 atom stereocenters. The van der Waals surface area contributed by atoms with Gasteiger partial charge in [-0.3, -0.25) is 0 Å². The first-order valence-electron chi connectivity index (χ1n) is 9.10. The van der Waals surface area contributed by atoms with E-state index in [1.807, 2.05) is 22.2 Å². The molecule has 0 aliphatic heterocycles. The molecule has 4 saturated carbocycles. The molecule has 8 heteroatoms. The molecule has 2 unspecified atom stereocenters. The lowest BCUT2D eigenvalue weighted by molar-refractivity contribution is -0.0772. The average molecular weight is 388 g/mol. The van der Waals surface area contributed by atoms with Crippen molar-refractivity contribution in [2.75, 3.05) is 0 Å². The number of hydrogen-bond acceptors (Lipinski definition) is 6. The Morgan fingerprint density at radius 1 is 1.19 bits per heavy atom. The first-order valence-corrected chi connectivity index (χ1v) is 10.4. The van der Waals surface area contributed by atoms with Crippen molar-refractivity contribution < 1.29 is 4.42 Å². The second kappa shape index (κ2) is 5.16. The van der Waals surface area contributed by atoms with E-state index in [1.165, 1.54) is 6.42 Å². The second-order valence-electron chi connectivity index (χ2n) is 8.31. The Labute approximate surface area is 159 Å². The molecule has 26 heavy (non-hydrogen) atoms. The minimum absolute atomic E-state index is 0.0121. The predicted molar refractivity (Wildman–Crippen MR) is 97.0 cm³/mol. The molecule has 7 rings (SSSR count). The van der Waals surface area contributed by atoms with Crippen LogP contribution in [-0.2, 0) is 11.0 Å². The normalized spacial score (nSPS) is 35.3. The molecule has 3 heterocycles. The van der Waals surface area contributed by atoms with E-state index >= 15 is 0 Å². The van der Waals surface area contributed by atoms with Crippen LogP contribution in [0.5, 0.6) is 0 Å². The van der Waals surface area contributed by atoms with Crippen molar-refractivity contribution in [3.63, 3.8) is 0 Å². The van der Waals surface area contributed by atoms with Crippen LogP contribution in [0.15, 0.2) is 28.3 Å². The summed E-state index contributed by atoms with van der Waals surface area (Å²) in [7, 11) is 0. The van der Waals surface area contributed by atoms with E-state index in [-0.39, 0.29) is 11.0 Å². The molecule has 0 aromatic carbocycles. The minimum Gasteiger partial charge on any atom is -0.419 e. The summed E-state index contributed by atoms with van der Waals surface area (Å²) in [5.74, 6) is 2.81. The number of aromatic nitrogens is 5. The van der Waals surface area contributed by atoms with E-state index in [4.69, 9.17) is 16.0 Å². The maximum Gasteiger partial charge on any atom is 0.257 e. The van der Waals surface area contributed by atoms with Crippen LogP contribution in [0.2, 0.25) is 5.28 Å². The van der Waals surface area contributed by atoms with Crippen molar-refractivity contribution in [2.24, 2.45) is 11.8 Å². The maximum absolute atomic E-state index is 6.22. The van der Waals surface area contributed by atoms with Crippen molar-refractivity contribution in [3.8, 4) is 10.8 Å². The van der Waals surface area contributed by atoms with Gasteiger partial charge in [-0.25, -0.2) is 9.67 Å². The first-order chi connectivity index (χ1) is 12.6. The van der Waals surface area contributed by atoms with Gasteiger partial charge in [0.2, 0.25) is 11.2 Å². The molecule has 4 fully saturated rings. The third-order valence-electron chi connectivity index (χ3n) is 6.59. The Balaban J connectivity index is 1.43. The zero-order chi connectivity index (χ0) is 17.4. The molecular weight excluding hydrogens is 370 g/mol. The zero-order valence-electron chi connectivity index (χ0n) is 14.1. The number of thiophene rings is 1. The standard InChI is InChI=1S/C18H18ClN5OS/c19-16-20-10-24(23-16)18-7-11-4-12(8-18)6-17(5-11,9-18)15-22-21-14(25-15)13-2-1-3-26-13/h1-3,10-12H,4-9H2/t11-,12+,17?,18?. The molecule has 6 nitrogen and oxygen atoms in total. The van der Waals surface area contributed by atoms with Crippen LogP contribution in [0, 0.1) is 11.8 Å². The van der Waals surface area contributed by atoms with Gasteiger partial charge in [0, 0.05) is 0 Å². The van der Waals surface area contributed by atoms with E-state index in [0.717, 1.165) is 42.9 Å². The quantitative estimate of drug-likeness (QED) is 0.670. The van der Waals surface area contributed by atoms with Gasteiger partial charge in [0.15, 0.2) is 0 Å². The predicted octanol–water partition coefficient (Wildman–Crippen LogP) is 4.29. The summed E-state index contributed by atoms with van der Waals surface area (Å²) in [6, 6.07) is 4.04. The van der Waals surface area contributed by atoms with Crippen LogP contribution in [-0.4, -0.2) is 25.0 Å². The van der Waals surface area contributed by atoms with Gasteiger partial charge >= 0.3 is 0 Å². The Kier molecular flexibility index (Phi) is 3.05. The highest BCUT2D eigenvalue weighted by molar-refractivity contribution is 7.13. The Morgan fingerprint density at radius 2 is 2.04 bits per heavy atom. The molecule has 3 aromatic rings. The largest absolute Gasteiger partial charge is 0.419 e. The lowest BCUT2D eigenvalue weighted by Crippen LogP contribution is -2.58. The summed E-state index contributed by atoms with van der Waals surface area (Å²) in [5, 5.41) is 15.7. The summed E-state index contributed by atoms with van der Waals surface area (Å²) in [4.78, 5) is 5.21. The van der Waals surface area contributed by atoms with Gasteiger partial charge in [-0.05, 0) is 73.4 Å². The Hall–Kier alpha value is -1.73. The van der Waals surface area contributed by atoms with Gasteiger partial charge in [-0.2, -0.15) is 0 Å². The van der Waals surface area contributed by atoms with E-state index < -0.39 is 0 Å². The number of rotatable bonds is 3. The van der Waals surface area contributed by atoms with Gasteiger partial charge in [-0.1, -0.05) is 6.07 Å². The molecule has 0 radical (unpaired) electrons. The molecular formula is C18H18ClN5OS. The summed E-state index contributed by atoms with van der Waals surface area (Å²) in [5.41, 5.74) is -0.0488. The molecule has 0 N–H and O–H groups in total. The molecule has 4 bridgehead atoms. The SMILES string of the molecule is Clc1ncn(C23C[C@@H]4C[C@@H](CC(c5nnc(-c6cccs6)o5)(C4)C2)C3)n1. The second-order valence-corrected chi connectivity index (χ2v) is 9.60.